The zero-order chi connectivity index (χ0) is 14.7. The first-order valence-corrected chi connectivity index (χ1v) is 5.60. The van der Waals surface area contributed by atoms with Crippen LogP contribution in [-0.2, 0) is 4.74 Å². The molecule has 0 atom stereocenters. The Morgan fingerprint density at radius 2 is 2.00 bits per heavy atom. The number of carbonyl (C=O) groups is 1. The molecule has 1 heterocycles. The number of nitrogens with zero attached hydrogens (tertiary/aromatic N) is 2. The van der Waals surface area contributed by atoms with Crippen molar-refractivity contribution in [3.8, 4) is 17.3 Å². The van der Waals surface area contributed by atoms with Gasteiger partial charge >= 0.3 is 11.7 Å². The van der Waals surface area contributed by atoms with E-state index in [1.165, 1.54) is 24.3 Å². The molecule has 0 saturated carbocycles. The fraction of sp³-hybridized carbons (Fsp3) is 0.0714. The molecule has 2 aromatic rings. The normalized spacial score (nSPS) is 9.85. The van der Waals surface area contributed by atoms with E-state index in [1.54, 1.807) is 0 Å². The molecule has 2 rings (SSSR count). The number of esters is 1. The molecule has 0 aliphatic rings. The van der Waals surface area contributed by atoms with Crippen molar-refractivity contribution in [2.24, 2.45) is 0 Å². The summed E-state index contributed by atoms with van der Waals surface area (Å²) < 4.78 is 19.3. The van der Waals surface area contributed by atoms with E-state index in [2.05, 4.69) is 4.74 Å². The highest BCUT2D eigenvalue weighted by molar-refractivity contribution is 5.90. The molecule has 0 unspecified atom stereocenters. The molecular formula is C14H10FN2O3+. The van der Waals surface area contributed by atoms with Crippen LogP contribution in [0.2, 0.25) is 0 Å². The van der Waals surface area contributed by atoms with Gasteiger partial charge in [0, 0.05) is 10.8 Å². The number of aromatic nitrogens is 1. The minimum atomic E-state index is -0.897. The van der Waals surface area contributed by atoms with E-state index in [1.807, 2.05) is 6.07 Å². The van der Waals surface area contributed by atoms with E-state index < -0.39 is 11.8 Å². The van der Waals surface area contributed by atoms with Gasteiger partial charge in [0.05, 0.1) is 24.3 Å². The summed E-state index contributed by atoms with van der Waals surface area (Å²) in [4.78, 5) is 11.4. The molecule has 0 bridgehead atoms. The third-order valence-electron chi connectivity index (χ3n) is 2.75. The van der Waals surface area contributed by atoms with Crippen LogP contribution in [0.1, 0.15) is 15.9 Å². The highest BCUT2D eigenvalue weighted by atomic mass is 19.1. The van der Waals surface area contributed by atoms with Crippen molar-refractivity contribution in [1.29, 1.82) is 5.26 Å². The Morgan fingerprint density at radius 1 is 1.35 bits per heavy atom. The molecule has 5 nitrogen and oxygen atoms in total. The monoisotopic (exact) mass is 273 g/mol. The predicted molar refractivity (Wildman–Crippen MR) is 65.3 cm³/mol. The summed E-state index contributed by atoms with van der Waals surface area (Å²) in [6.07, 6.45) is 1.14. The highest BCUT2D eigenvalue weighted by Gasteiger charge is 2.26. The van der Waals surface area contributed by atoms with Crippen molar-refractivity contribution < 1.29 is 23.9 Å². The number of hydrogen-bond acceptors (Lipinski definition) is 4. The smallest absolute Gasteiger partial charge is 0.341 e. The summed E-state index contributed by atoms with van der Waals surface area (Å²) in [6, 6.07) is 8.98. The molecule has 1 aromatic heterocycles. The zero-order valence-corrected chi connectivity index (χ0v) is 10.5. The van der Waals surface area contributed by atoms with E-state index in [0.717, 1.165) is 19.4 Å². The number of nitriles is 1. The second-order valence-corrected chi connectivity index (χ2v) is 3.92. The van der Waals surface area contributed by atoms with Crippen molar-refractivity contribution in [2.45, 2.75) is 0 Å². The van der Waals surface area contributed by atoms with Gasteiger partial charge in [0.1, 0.15) is 5.56 Å². The number of carbonyl (C=O) groups excluding carboxylic acids is 1. The first kappa shape index (κ1) is 13.5. The predicted octanol–water partition coefficient (Wildman–Crippen LogP) is 1.68. The van der Waals surface area contributed by atoms with Crippen molar-refractivity contribution in [3.05, 3.63) is 53.5 Å². The van der Waals surface area contributed by atoms with Gasteiger partial charge in [-0.05, 0) is 24.3 Å². The Labute approximate surface area is 114 Å². The van der Waals surface area contributed by atoms with Gasteiger partial charge in [0.15, 0.2) is 0 Å². The van der Waals surface area contributed by atoms with Gasteiger partial charge in [0.2, 0.25) is 12.0 Å². The van der Waals surface area contributed by atoms with Gasteiger partial charge in [-0.25, -0.2) is 4.79 Å². The van der Waals surface area contributed by atoms with Gasteiger partial charge in [0.25, 0.3) is 0 Å². The van der Waals surface area contributed by atoms with E-state index in [0.29, 0.717) is 15.9 Å². The van der Waals surface area contributed by atoms with Crippen LogP contribution < -0.4 is 4.73 Å². The Balaban J connectivity index is 2.60. The molecular weight excluding hydrogens is 263 g/mol. The zero-order valence-electron chi connectivity index (χ0n) is 10.5. The number of halogens is 1. The summed E-state index contributed by atoms with van der Waals surface area (Å²) in [6.45, 7) is 0. The molecule has 6 heteroatoms. The van der Waals surface area contributed by atoms with Gasteiger partial charge < -0.3 is 4.74 Å². The van der Waals surface area contributed by atoms with Crippen molar-refractivity contribution in [1.82, 2.24) is 0 Å². The summed E-state index contributed by atoms with van der Waals surface area (Å²) in [5.41, 5.74) is 0.270. The van der Waals surface area contributed by atoms with Crippen LogP contribution >= 0.6 is 0 Å². The first-order chi connectivity index (χ1) is 9.58. The molecule has 0 aliphatic carbocycles. The topological polar surface area (TPSA) is 74.2 Å². The Hall–Kier alpha value is -2.94. The minimum absolute atomic E-state index is 0.183. The second kappa shape index (κ2) is 5.36. The largest absolute Gasteiger partial charge is 0.465 e. The van der Waals surface area contributed by atoms with Crippen molar-refractivity contribution in [2.75, 3.05) is 7.11 Å². The molecule has 0 radical (unpaired) electrons. The van der Waals surface area contributed by atoms with E-state index in [4.69, 9.17) is 5.26 Å². The maximum atomic E-state index is 14.3. The molecule has 20 heavy (non-hydrogen) atoms. The fourth-order valence-corrected chi connectivity index (χ4v) is 1.75. The summed E-state index contributed by atoms with van der Waals surface area (Å²) >= 11 is 0. The summed E-state index contributed by atoms with van der Waals surface area (Å²) in [5, 5.41) is 18.4. The van der Waals surface area contributed by atoms with E-state index in [9.17, 15) is 14.4 Å². The lowest BCUT2D eigenvalue weighted by Crippen LogP contribution is -2.34. The van der Waals surface area contributed by atoms with Gasteiger partial charge in [-0.15, -0.1) is 0 Å². The minimum Gasteiger partial charge on any atom is -0.465 e. The highest BCUT2D eigenvalue weighted by Crippen LogP contribution is 2.22. The van der Waals surface area contributed by atoms with Gasteiger partial charge in [-0.1, -0.05) is 0 Å². The average molecular weight is 273 g/mol. The Morgan fingerprint density at radius 3 is 2.55 bits per heavy atom. The number of rotatable bonds is 2. The number of methoxy groups -OCH3 is 1. The fourth-order valence-electron chi connectivity index (χ4n) is 1.75. The third-order valence-corrected chi connectivity index (χ3v) is 2.75. The van der Waals surface area contributed by atoms with Gasteiger partial charge in [-0.2, -0.15) is 9.65 Å². The molecule has 0 amide bonds. The molecule has 0 spiro atoms. The molecule has 1 N–H and O–H groups in total. The quantitative estimate of drug-likeness (QED) is 0.513. The van der Waals surface area contributed by atoms with Crippen LogP contribution in [0.25, 0.3) is 11.3 Å². The number of pyridine rings is 1. The number of hydrogen-bond donors (Lipinski definition) is 1. The molecule has 0 aliphatic heterocycles. The van der Waals surface area contributed by atoms with E-state index >= 15 is 0 Å². The molecule has 0 saturated heterocycles. The second-order valence-electron chi connectivity index (χ2n) is 3.92. The lowest BCUT2D eigenvalue weighted by atomic mass is 10.1. The van der Waals surface area contributed by atoms with Crippen LogP contribution in [0.3, 0.4) is 0 Å². The maximum absolute atomic E-state index is 14.3. The Bertz CT molecular complexity index is 706. The van der Waals surface area contributed by atoms with E-state index in [-0.39, 0.29) is 11.3 Å². The molecule has 0 fully saturated rings. The standard InChI is InChI=1S/C14H10FN2O3/c1-20-14(18)11-6-7-17(19)13(12(11)15)10-4-2-9(8-16)3-5-10/h2-7,19H,1H3/q+1. The number of ether oxygens (including phenoxy) is 1. The van der Waals surface area contributed by atoms with Crippen LogP contribution in [0.15, 0.2) is 36.5 Å². The van der Waals surface area contributed by atoms with Gasteiger partial charge in [-0.3, -0.25) is 5.21 Å². The third kappa shape index (κ3) is 2.29. The first-order valence-electron chi connectivity index (χ1n) is 5.60. The summed E-state index contributed by atoms with van der Waals surface area (Å²) in [7, 11) is 1.14. The molecule has 1 aromatic carbocycles. The lowest BCUT2D eigenvalue weighted by Gasteiger charge is -2.03. The SMILES string of the molecule is COC(=O)c1cc[n+](O)c(-c2ccc(C#N)cc2)c1F. The molecule has 100 valence electrons. The summed E-state index contributed by atoms with van der Waals surface area (Å²) in [5.74, 6) is -1.73. The van der Waals surface area contributed by atoms with Crippen molar-refractivity contribution in [3.63, 3.8) is 0 Å². The average Bonchev–Trinajstić information content (AvgIpc) is 2.47. The van der Waals surface area contributed by atoms with Crippen LogP contribution in [0, 0.1) is 17.1 Å². The van der Waals surface area contributed by atoms with Crippen LogP contribution in [0.4, 0.5) is 4.39 Å². The van der Waals surface area contributed by atoms with Crippen LogP contribution in [-0.4, -0.2) is 18.3 Å². The lowest BCUT2D eigenvalue weighted by molar-refractivity contribution is -0.897. The maximum Gasteiger partial charge on any atom is 0.341 e. The number of benzene rings is 1. The van der Waals surface area contributed by atoms with Crippen LogP contribution in [0.5, 0.6) is 0 Å². The Kier molecular flexibility index (Phi) is 3.62. The van der Waals surface area contributed by atoms with Crippen molar-refractivity contribution >= 4 is 5.97 Å².